The molecule has 9 heavy (non-hydrogen) atoms. The predicted molar refractivity (Wildman–Crippen MR) is 36.9 cm³/mol. The molecule has 1 nitrogen and oxygen atoms in total. The van der Waals surface area contributed by atoms with Gasteiger partial charge in [-0.1, -0.05) is 12.8 Å². The van der Waals surface area contributed by atoms with Gasteiger partial charge in [-0.15, -0.1) is 0 Å². The van der Waals surface area contributed by atoms with Gasteiger partial charge in [0.05, 0.1) is 0 Å². The van der Waals surface area contributed by atoms with E-state index in [1.807, 2.05) is 5.94 Å². The Labute approximate surface area is 55.8 Å². The van der Waals surface area contributed by atoms with Crippen LogP contribution in [0.2, 0.25) is 0 Å². The summed E-state index contributed by atoms with van der Waals surface area (Å²) in [5.41, 5.74) is 1.01. The van der Waals surface area contributed by atoms with Crippen molar-refractivity contribution in [2.75, 3.05) is 0 Å². The van der Waals surface area contributed by atoms with Crippen molar-refractivity contribution in [3.63, 3.8) is 0 Å². The summed E-state index contributed by atoms with van der Waals surface area (Å²) in [6.07, 6.45) is 7.00. The number of hydrogen-bond donors (Lipinski definition) is 0. The second-order valence-electron chi connectivity index (χ2n) is 2.62. The number of hydrogen-bond acceptors (Lipinski definition) is 1. The molecule has 0 saturated heterocycles. The van der Waals surface area contributed by atoms with Crippen LogP contribution in [0.15, 0.2) is 5.57 Å². The zero-order valence-corrected chi connectivity index (χ0v) is 5.65. The fraction of sp³-hybridized carbons (Fsp3) is 0.750. The van der Waals surface area contributed by atoms with Gasteiger partial charge in [-0.3, -0.25) is 0 Å². The molecule has 0 N–H and O–H groups in total. The third-order valence-electron chi connectivity index (χ3n) is 1.85. The Morgan fingerprint density at radius 1 is 1.00 bits per heavy atom. The zero-order valence-electron chi connectivity index (χ0n) is 5.65. The van der Waals surface area contributed by atoms with Crippen LogP contribution in [-0.2, 0) is 4.79 Å². The van der Waals surface area contributed by atoms with E-state index >= 15 is 0 Å². The van der Waals surface area contributed by atoms with Crippen molar-refractivity contribution in [3.05, 3.63) is 5.57 Å². The van der Waals surface area contributed by atoms with Gasteiger partial charge in [0.2, 0.25) is 0 Å². The van der Waals surface area contributed by atoms with Crippen molar-refractivity contribution in [3.8, 4) is 0 Å². The minimum atomic E-state index is 1.00. The molecular weight excluding hydrogens is 112 g/mol. The van der Waals surface area contributed by atoms with Crippen molar-refractivity contribution >= 4 is 5.94 Å². The maximum Gasteiger partial charge on any atom is 0.123 e. The molecule has 0 aromatic carbocycles. The molecule has 0 bridgehead atoms. The van der Waals surface area contributed by atoms with Crippen molar-refractivity contribution in [2.24, 2.45) is 0 Å². The topological polar surface area (TPSA) is 17.1 Å². The third-order valence-corrected chi connectivity index (χ3v) is 1.85. The van der Waals surface area contributed by atoms with Crippen LogP contribution in [0.4, 0.5) is 0 Å². The second kappa shape index (κ2) is 3.47. The normalized spacial score (nSPS) is 20.7. The van der Waals surface area contributed by atoms with E-state index in [9.17, 15) is 4.79 Å². The van der Waals surface area contributed by atoms with Crippen molar-refractivity contribution in [1.29, 1.82) is 0 Å². The van der Waals surface area contributed by atoms with Crippen LogP contribution >= 0.6 is 0 Å². The molecule has 1 rings (SSSR count). The lowest BCUT2D eigenvalue weighted by Gasteiger charge is -1.91. The lowest BCUT2D eigenvalue weighted by Crippen LogP contribution is -1.79. The van der Waals surface area contributed by atoms with Crippen LogP contribution in [0, 0.1) is 0 Å². The molecule has 0 radical (unpaired) electrons. The summed E-state index contributed by atoms with van der Waals surface area (Å²) < 4.78 is 0. The zero-order chi connectivity index (χ0) is 6.53. The molecule has 1 saturated carbocycles. The molecule has 0 amide bonds. The maximum absolute atomic E-state index is 10.2. The SMILES string of the molecule is O=C=C1CCCCCC1. The Morgan fingerprint density at radius 3 is 2.00 bits per heavy atom. The van der Waals surface area contributed by atoms with E-state index in [-0.39, 0.29) is 0 Å². The van der Waals surface area contributed by atoms with Crippen molar-refractivity contribution < 1.29 is 4.79 Å². The minimum Gasteiger partial charge on any atom is -0.234 e. The highest BCUT2D eigenvalue weighted by molar-refractivity contribution is 5.52. The molecule has 50 valence electrons. The monoisotopic (exact) mass is 124 g/mol. The summed E-state index contributed by atoms with van der Waals surface area (Å²) in [4.78, 5) is 10.2. The second-order valence-corrected chi connectivity index (χ2v) is 2.62. The van der Waals surface area contributed by atoms with E-state index in [1.54, 1.807) is 0 Å². The Balaban J connectivity index is 2.45. The average molecular weight is 124 g/mol. The fourth-order valence-electron chi connectivity index (χ4n) is 1.26. The largest absolute Gasteiger partial charge is 0.234 e. The molecule has 1 fully saturated rings. The van der Waals surface area contributed by atoms with E-state index in [0.29, 0.717) is 0 Å². The molecular formula is C8H12O. The molecule has 0 aromatic rings. The molecule has 0 aromatic heterocycles. The summed E-state index contributed by atoms with van der Waals surface area (Å²) >= 11 is 0. The van der Waals surface area contributed by atoms with Gasteiger partial charge >= 0.3 is 0 Å². The van der Waals surface area contributed by atoms with Crippen LogP contribution < -0.4 is 0 Å². The van der Waals surface area contributed by atoms with Crippen LogP contribution in [0.25, 0.3) is 0 Å². The molecule has 0 atom stereocenters. The van der Waals surface area contributed by atoms with E-state index in [1.165, 1.54) is 25.7 Å². The van der Waals surface area contributed by atoms with Crippen molar-refractivity contribution in [1.82, 2.24) is 0 Å². The Hall–Kier alpha value is -0.550. The van der Waals surface area contributed by atoms with Gasteiger partial charge in [-0.2, -0.15) is 0 Å². The average Bonchev–Trinajstić information content (AvgIpc) is 2.13. The lowest BCUT2D eigenvalue weighted by molar-refractivity contribution is 0.564. The van der Waals surface area contributed by atoms with E-state index in [2.05, 4.69) is 0 Å². The van der Waals surface area contributed by atoms with E-state index in [4.69, 9.17) is 0 Å². The van der Waals surface area contributed by atoms with E-state index in [0.717, 1.165) is 18.4 Å². The van der Waals surface area contributed by atoms with Crippen LogP contribution in [-0.4, -0.2) is 5.94 Å². The maximum atomic E-state index is 10.2. The molecule has 0 aliphatic heterocycles. The molecule has 1 heteroatoms. The van der Waals surface area contributed by atoms with Gasteiger partial charge in [0, 0.05) is 5.57 Å². The smallest absolute Gasteiger partial charge is 0.123 e. The highest BCUT2D eigenvalue weighted by atomic mass is 16.1. The molecule has 0 spiro atoms. The summed E-state index contributed by atoms with van der Waals surface area (Å²) in [6, 6.07) is 0. The summed E-state index contributed by atoms with van der Waals surface area (Å²) in [7, 11) is 0. The number of carbonyl (C=O) groups excluding carboxylic acids is 1. The molecule has 1 aliphatic rings. The van der Waals surface area contributed by atoms with Gasteiger partial charge in [-0.25, -0.2) is 4.79 Å². The summed E-state index contributed by atoms with van der Waals surface area (Å²) in [5, 5.41) is 0. The first-order valence-electron chi connectivity index (χ1n) is 3.66. The summed E-state index contributed by atoms with van der Waals surface area (Å²) in [6.45, 7) is 0. The number of rotatable bonds is 0. The Morgan fingerprint density at radius 2 is 1.56 bits per heavy atom. The van der Waals surface area contributed by atoms with Crippen LogP contribution in [0.5, 0.6) is 0 Å². The molecule has 0 heterocycles. The van der Waals surface area contributed by atoms with Gasteiger partial charge < -0.3 is 0 Å². The predicted octanol–water partition coefficient (Wildman–Crippen LogP) is 2.10. The van der Waals surface area contributed by atoms with Gasteiger partial charge in [0.1, 0.15) is 5.94 Å². The van der Waals surface area contributed by atoms with Gasteiger partial charge in [0.15, 0.2) is 0 Å². The molecule has 0 unspecified atom stereocenters. The standard InChI is InChI=1S/C8H12O/c9-7-8-5-3-1-2-4-6-8/h1-6H2. The third kappa shape index (κ3) is 2.03. The first-order valence-corrected chi connectivity index (χ1v) is 3.66. The Bertz CT molecular complexity index is 122. The summed E-state index contributed by atoms with van der Waals surface area (Å²) in [5.74, 6) is 2.01. The van der Waals surface area contributed by atoms with Crippen LogP contribution in [0.1, 0.15) is 38.5 Å². The lowest BCUT2D eigenvalue weighted by atomic mass is 10.1. The highest BCUT2D eigenvalue weighted by Crippen LogP contribution is 2.19. The quantitative estimate of drug-likeness (QED) is 0.357. The van der Waals surface area contributed by atoms with Gasteiger partial charge in [-0.05, 0) is 25.7 Å². The van der Waals surface area contributed by atoms with Crippen LogP contribution in [0.3, 0.4) is 0 Å². The minimum absolute atomic E-state index is 1.00. The van der Waals surface area contributed by atoms with E-state index < -0.39 is 0 Å². The first kappa shape index (κ1) is 6.57. The highest BCUT2D eigenvalue weighted by Gasteiger charge is 2.03. The first-order chi connectivity index (χ1) is 4.43. The van der Waals surface area contributed by atoms with Crippen molar-refractivity contribution in [2.45, 2.75) is 38.5 Å². The van der Waals surface area contributed by atoms with Gasteiger partial charge in [0.25, 0.3) is 0 Å². The fourth-order valence-corrected chi connectivity index (χ4v) is 1.26. The molecule has 1 aliphatic carbocycles. The Kier molecular flexibility index (Phi) is 2.53. The number of allylic oxidation sites excluding steroid dienone is 1.